The molecule has 3 aromatic carbocycles. The fourth-order valence-corrected chi connectivity index (χ4v) is 2.62. The predicted molar refractivity (Wildman–Crippen MR) is 103 cm³/mol. The normalized spacial score (nSPS) is 11.5. The molecule has 1 atom stereocenters. The smallest absolute Gasteiger partial charge is 0.279 e. The van der Waals surface area contributed by atoms with E-state index in [0.29, 0.717) is 11.5 Å². The van der Waals surface area contributed by atoms with E-state index < -0.39 is 23.7 Å². The van der Waals surface area contributed by atoms with Crippen molar-refractivity contribution in [2.75, 3.05) is 7.11 Å². The molecule has 0 aliphatic rings. The predicted octanol–water partition coefficient (Wildman–Crippen LogP) is 3.22. The topological polar surface area (TPSA) is 76.7 Å². The van der Waals surface area contributed by atoms with E-state index in [1.807, 2.05) is 24.3 Å². The van der Waals surface area contributed by atoms with Gasteiger partial charge in [0.05, 0.1) is 12.7 Å². The molecule has 0 aliphatic carbocycles. The Morgan fingerprint density at radius 3 is 2.25 bits per heavy atom. The van der Waals surface area contributed by atoms with Gasteiger partial charge in [-0.3, -0.25) is 20.4 Å². The van der Waals surface area contributed by atoms with E-state index in [4.69, 9.17) is 9.47 Å². The first-order valence-electron chi connectivity index (χ1n) is 8.57. The highest BCUT2D eigenvalue weighted by atomic mass is 19.1. The summed E-state index contributed by atoms with van der Waals surface area (Å²) in [5.74, 6) is -0.754. The van der Waals surface area contributed by atoms with Crippen LogP contribution in [0.25, 0.3) is 10.8 Å². The van der Waals surface area contributed by atoms with Crippen molar-refractivity contribution in [3.8, 4) is 11.5 Å². The first-order chi connectivity index (χ1) is 13.5. The number of amides is 2. The van der Waals surface area contributed by atoms with Crippen molar-refractivity contribution in [2.24, 2.45) is 0 Å². The van der Waals surface area contributed by atoms with Crippen LogP contribution < -0.4 is 20.3 Å². The average molecular weight is 382 g/mol. The molecule has 0 saturated carbocycles. The first-order valence-corrected chi connectivity index (χ1v) is 8.57. The van der Waals surface area contributed by atoms with Crippen molar-refractivity contribution in [3.63, 3.8) is 0 Å². The minimum atomic E-state index is -0.899. The molecule has 0 saturated heterocycles. The maximum atomic E-state index is 12.9. The second-order valence-corrected chi connectivity index (χ2v) is 6.06. The van der Waals surface area contributed by atoms with Crippen molar-refractivity contribution < 1.29 is 23.5 Å². The van der Waals surface area contributed by atoms with E-state index >= 15 is 0 Å². The van der Waals surface area contributed by atoms with Gasteiger partial charge >= 0.3 is 0 Å². The van der Waals surface area contributed by atoms with Crippen LogP contribution in [-0.4, -0.2) is 25.0 Å². The van der Waals surface area contributed by atoms with Crippen molar-refractivity contribution >= 4 is 22.6 Å². The van der Waals surface area contributed by atoms with Gasteiger partial charge in [0, 0.05) is 0 Å². The van der Waals surface area contributed by atoms with Crippen LogP contribution in [0.4, 0.5) is 4.39 Å². The lowest BCUT2D eigenvalue weighted by molar-refractivity contribution is -0.128. The lowest BCUT2D eigenvalue weighted by Crippen LogP contribution is -2.47. The quantitative estimate of drug-likeness (QED) is 0.665. The standard InChI is InChI=1S/C21H19FN2O4/c1-13(28-17-9-7-16(22)8-10-17)20(25)23-24-21(26)18-11-14-5-3-4-6-15(14)12-19(18)27-2/h3-13H,1-2H3,(H,23,25)(H,24,26)/t13-/m1/s1. The molecule has 3 aromatic rings. The van der Waals surface area contributed by atoms with E-state index in [1.54, 1.807) is 12.1 Å². The van der Waals surface area contributed by atoms with Crippen LogP contribution in [0.1, 0.15) is 17.3 Å². The van der Waals surface area contributed by atoms with Crippen molar-refractivity contribution in [3.05, 3.63) is 72.0 Å². The summed E-state index contributed by atoms with van der Waals surface area (Å²) in [6.45, 7) is 1.52. The van der Waals surface area contributed by atoms with Crippen LogP contribution in [-0.2, 0) is 4.79 Å². The third-order valence-electron chi connectivity index (χ3n) is 4.11. The van der Waals surface area contributed by atoms with Crippen LogP contribution in [0.3, 0.4) is 0 Å². The Morgan fingerprint density at radius 1 is 0.964 bits per heavy atom. The molecule has 3 rings (SSSR count). The fraction of sp³-hybridized carbons (Fsp3) is 0.143. The van der Waals surface area contributed by atoms with Crippen LogP contribution in [0.2, 0.25) is 0 Å². The molecule has 0 spiro atoms. The van der Waals surface area contributed by atoms with Crippen molar-refractivity contribution in [1.82, 2.24) is 10.9 Å². The molecular formula is C21H19FN2O4. The van der Waals surface area contributed by atoms with E-state index in [-0.39, 0.29) is 5.56 Å². The summed E-state index contributed by atoms with van der Waals surface area (Å²) < 4.78 is 23.6. The van der Waals surface area contributed by atoms with Crippen LogP contribution in [0.15, 0.2) is 60.7 Å². The molecule has 0 bridgehead atoms. The highest BCUT2D eigenvalue weighted by molar-refractivity contribution is 6.02. The molecule has 0 fully saturated rings. The maximum Gasteiger partial charge on any atom is 0.279 e. The zero-order valence-corrected chi connectivity index (χ0v) is 15.4. The SMILES string of the molecule is COc1cc2ccccc2cc1C(=O)NNC(=O)[C@@H](C)Oc1ccc(F)cc1. The molecule has 2 amide bonds. The lowest BCUT2D eigenvalue weighted by Gasteiger charge is -2.16. The van der Waals surface area contributed by atoms with Crippen LogP contribution >= 0.6 is 0 Å². The molecule has 0 aliphatic heterocycles. The molecule has 2 N–H and O–H groups in total. The number of hydrogen-bond acceptors (Lipinski definition) is 4. The Morgan fingerprint density at radius 2 is 1.61 bits per heavy atom. The minimum absolute atomic E-state index is 0.286. The number of benzene rings is 3. The van der Waals surface area contributed by atoms with E-state index in [0.717, 1.165) is 10.8 Å². The number of rotatable bonds is 5. The van der Waals surface area contributed by atoms with Gasteiger partial charge in [0.25, 0.3) is 11.8 Å². The number of hydrogen-bond donors (Lipinski definition) is 2. The summed E-state index contributed by atoms with van der Waals surface area (Å²) in [5.41, 5.74) is 4.96. The molecule has 6 nitrogen and oxygen atoms in total. The number of fused-ring (bicyclic) bond motifs is 1. The Kier molecular flexibility index (Phi) is 5.74. The van der Waals surface area contributed by atoms with Gasteiger partial charge in [-0.15, -0.1) is 0 Å². The van der Waals surface area contributed by atoms with Crippen molar-refractivity contribution in [2.45, 2.75) is 13.0 Å². The zero-order chi connectivity index (χ0) is 20.1. The number of ether oxygens (including phenoxy) is 2. The largest absolute Gasteiger partial charge is 0.496 e. The van der Waals surface area contributed by atoms with E-state index in [2.05, 4.69) is 10.9 Å². The van der Waals surface area contributed by atoms with E-state index in [9.17, 15) is 14.0 Å². The second kappa shape index (κ2) is 8.39. The Bertz CT molecular complexity index is 1000. The number of nitrogens with one attached hydrogen (secondary N) is 2. The molecule has 0 heterocycles. The molecular weight excluding hydrogens is 363 g/mol. The van der Waals surface area contributed by atoms with E-state index in [1.165, 1.54) is 38.3 Å². The number of methoxy groups -OCH3 is 1. The van der Waals surface area contributed by atoms with Gasteiger partial charge in [-0.1, -0.05) is 24.3 Å². The van der Waals surface area contributed by atoms with Gasteiger partial charge in [-0.2, -0.15) is 0 Å². The number of hydrazine groups is 1. The van der Waals surface area contributed by atoms with Gasteiger partial charge in [0.2, 0.25) is 0 Å². The Labute approximate surface area is 161 Å². The summed E-state index contributed by atoms with van der Waals surface area (Å²) in [5, 5.41) is 1.80. The van der Waals surface area contributed by atoms with Crippen LogP contribution in [0.5, 0.6) is 11.5 Å². The summed E-state index contributed by atoms with van der Waals surface area (Å²) in [6, 6.07) is 16.3. The zero-order valence-electron chi connectivity index (χ0n) is 15.4. The number of halogens is 1. The third-order valence-corrected chi connectivity index (χ3v) is 4.11. The molecule has 28 heavy (non-hydrogen) atoms. The van der Waals surface area contributed by atoms with Crippen LogP contribution in [0, 0.1) is 5.82 Å². The summed E-state index contributed by atoms with van der Waals surface area (Å²) in [7, 11) is 1.47. The summed E-state index contributed by atoms with van der Waals surface area (Å²) in [6.07, 6.45) is -0.899. The first kappa shape index (κ1) is 19.2. The van der Waals surface area contributed by atoms with Crippen molar-refractivity contribution in [1.29, 1.82) is 0 Å². The second-order valence-electron chi connectivity index (χ2n) is 6.06. The number of carbonyl (C=O) groups is 2. The van der Waals surface area contributed by atoms with Gasteiger partial charge in [-0.25, -0.2) is 4.39 Å². The van der Waals surface area contributed by atoms with Gasteiger partial charge < -0.3 is 9.47 Å². The lowest BCUT2D eigenvalue weighted by atomic mass is 10.1. The maximum absolute atomic E-state index is 12.9. The third kappa shape index (κ3) is 4.37. The highest BCUT2D eigenvalue weighted by Gasteiger charge is 2.18. The van der Waals surface area contributed by atoms with Gasteiger partial charge in [0.1, 0.15) is 17.3 Å². The number of carbonyl (C=O) groups excluding carboxylic acids is 2. The van der Waals surface area contributed by atoms with Gasteiger partial charge in [-0.05, 0) is 54.1 Å². The molecule has 0 radical (unpaired) electrons. The molecule has 0 unspecified atom stereocenters. The highest BCUT2D eigenvalue weighted by Crippen LogP contribution is 2.25. The Hall–Kier alpha value is -3.61. The van der Waals surface area contributed by atoms with Gasteiger partial charge in [0.15, 0.2) is 6.10 Å². The fourth-order valence-electron chi connectivity index (χ4n) is 2.62. The Balaban J connectivity index is 1.65. The minimum Gasteiger partial charge on any atom is -0.496 e. The molecule has 7 heteroatoms. The summed E-state index contributed by atoms with van der Waals surface area (Å²) >= 11 is 0. The monoisotopic (exact) mass is 382 g/mol. The summed E-state index contributed by atoms with van der Waals surface area (Å²) in [4.78, 5) is 24.7. The average Bonchev–Trinajstić information content (AvgIpc) is 2.72. The molecule has 0 aromatic heterocycles. The molecule has 144 valence electrons.